The van der Waals surface area contributed by atoms with Gasteiger partial charge in [-0.3, -0.25) is 0 Å². The highest BCUT2D eigenvalue weighted by Gasteiger charge is 2.49. The van der Waals surface area contributed by atoms with Gasteiger partial charge in [0.15, 0.2) is 10.1 Å². The van der Waals surface area contributed by atoms with Gasteiger partial charge in [-0.25, -0.2) is 0 Å². The van der Waals surface area contributed by atoms with E-state index in [2.05, 4.69) is 45.1 Å². The Labute approximate surface area is 180 Å². The van der Waals surface area contributed by atoms with E-state index in [0.717, 1.165) is 24.0 Å². The summed E-state index contributed by atoms with van der Waals surface area (Å²) in [6, 6.07) is 0. The molecule has 0 aromatic carbocycles. The average molecular weight is 425 g/mol. The summed E-state index contributed by atoms with van der Waals surface area (Å²) in [5.74, 6) is 0.966. The van der Waals surface area contributed by atoms with Crippen LogP contribution in [0.5, 0.6) is 0 Å². The second-order valence-corrected chi connectivity index (χ2v) is 11.4. The first-order valence-corrected chi connectivity index (χ1v) is 11.1. The maximum Gasteiger partial charge on any atom is 0.179 e. The van der Waals surface area contributed by atoms with E-state index in [0.29, 0.717) is 5.92 Å². The number of aliphatic hydroxyl groups is 2. The zero-order valence-electron chi connectivity index (χ0n) is 17.7. The predicted octanol–water partition coefficient (Wildman–Crippen LogP) is 6.33. The molecule has 156 valence electrons. The van der Waals surface area contributed by atoms with Gasteiger partial charge >= 0.3 is 0 Å². The molecule has 1 fully saturated rings. The molecule has 0 amide bonds. The minimum absolute atomic E-state index is 0.0213. The summed E-state index contributed by atoms with van der Waals surface area (Å²) in [6.45, 7) is 10.8. The van der Waals surface area contributed by atoms with E-state index in [1.54, 1.807) is 12.2 Å². The topological polar surface area (TPSA) is 40.5 Å². The third-order valence-electron chi connectivity index (χ3n) is 7.39. The Morgan fingerprint density at radius 3 is 1.79 bits per heavy atom. The van der Waals surface area contributed by atoms with Crippen LogP contribution in [0.15, 0.2) is 47.6 Å². The van der Waals surface area contributed by atoms with E-state index >= 15 is 0 Å². The van der Waals surface area contributed by atoms with Gasteiger partial charge in [-0.15, -0.1) is 0 Å². The van der Waals surface area contributed by atoms with Crippen molar-refractivity contribution in [2.75, 3.05) is 0 Å². The first kappa shape index (κ1) is 22.2. The smallest absolute Gasteiger partial charge is 0.179 e. The monoisotopic (exact) mass is 424 g/mol. The fourth-order valence-corrected chi connectivity index (χ4v) is 5.50. The van der Waals surface area contributed by atoms with E-state index in [1.807, 2.05) is 13.8 Å². The van der Waals surface area contributed by atoms with Crippen LogP contribution < -0.4 is 0 Å². The summed E-state index contributed by atoms with van der Waals surface area (Å²) in [7, 11) is 0. The molecule has 0 saturated heterocycles. The van der Waals surface area contributed by atoms with E-state index in [-0.39, 0.29) is 22.7 Å². The molecule has 3 aliphatic carbocycles. The zero-order chi connectivity index (χ0) is 21.0. The minimum Gasteiger partial charge on any atom is -0.368 e. The van der Waals surface area contributed by atoms with E-state index in [1.165, 1.54) is 12.8 Å². The lowest BCUT2D eigenvalue weighted by Crippen LogP contribution is -2.45. The molecule has 5 atom stereocenters. The van der Waals surface area contributed by atoms with Crippen molar-refractivity contribution in [3.8, 4) is 0 Å². The number of halogens is 2. The Morgan fingerprint density at radius 2 is 1.39 bits per heavy atom. The molecule has 2 nitrogen and oxygen atoms in total. The molecule has 0 bridgehead atoms. The van der Waals surface area contributed by atoms with Crippen molar-refractivity contribution in [3.05, 3.63) is 47.6 Å². The van der Waals surface area contributed by atoms with Gasteiger partial charge in [0, 0.05) is 11.8 Å². The van der Waals surface area contributed by atoms with Crippen molar-refractivity contribution in [2.24, 2.45) is 28.6 Å². The molecule has 0 spiro atoms. The summed E-state index contributed by atoms with van der Waals surface area (Å²) >= 11 is 12.5. The van der Waals surface area contributed by atoms with Crippen LogP contribution in [0.1, 0.15) is 60.3 Å². The van der Waals surface area contributed by atoms with Crippen LogP contribution in [0.3, 0.4) is 0 Å². The molecule has 5 unspecified atom stereocenters. The van der Waals surface area contributed by atoms with Crippen molar-refractivity contribution in [1.29, 1.82) is 0 Å². The van der Waals surface area contributed by atoms with Crippen molar-refractivity contribution < 1.29 is 10.2 Å². The lowest BCUT2D eigenvalue weighted by atomic mass is 9.52. The molecule has 2 N–H and O–H groups in total. The third kappa shape index (κ3) is 4.03. The maximum atomic E-state index is 10.4. The van der Waals surface area contributed by atoms with Crippen LogP contribution in [0.4, 0.5) is 0 Å². The van der Waals surface area contributed by atoms with E-state index < -0.39 is 10.1 Å². The molecule has 0 aromatic rings. The van der Waals surface area contributed by atoms with E-state index in [9.17, 15) is 10.2 Å². The number of hydrogen-bond acceptors (Lipinski definition) is 2. The number of alkyl halides is 2. The predicted molar refractivity (Wildman–Crippen MR) is 118 cm³/mol. The molecule has 3 rings (SSSR count). The van der Waals surface area contributed by atoms with Crippen LogP contribution in [-0.2, 0) is 0 Å². The number of allylic oxidation sites excluding steroid dienone is 4. The Bertz CT molecular complexity index is 688. The van der Waals surface area contributed by atoms with Crippen molar-refractivity contribution in [1.82, 2.24) is 0 Å². The van der Waals surface area contributed by atoms with Gasteiger partial charge in [-0.05, 0) is 73.2 Å². The second kappa shape index (κ2) is 7.30. The first-order chi connectivity index (χ1) is 12.8. The van der Waals surface area contributed by atoms with Crippen molar-refractivity contribution >= 4 is 23.2 Å². The average Bonchev–Trinajstić information content (AvgIpc) is 2.59. The van der Waals surface area contributed by atoms with Gasteiger partial charge in [0.05, 0.1) is 0 Å². The fourth-order valence-electron chi connectivity index (χ4n) is 5.23. The molecule has 0 radical (unpaired) electrons. The Morgan fingerprint density at radius 1 is 0.929 bits per heavy atom. The van der Waals surface area contributed by atoms with Crippen molar-refractivity contribution in [3.63, 3.8) is 0 Å². The number of rotatable bonds is 2. The molecule has 4 heteroatoms. The van der Waals surface area contributed by atoms with Crippen LogP contribution in [-0.4, -0.2) is 20.3 Å². The lowest BCUT2D eigenvalue weighted by Gasteiger charge is -2.52. The molecule has 3 aliphatic rings. The summed E-state index contributed by atoms with van der Waals surface area (Å²) < 4.78 is 0. The zero-order valence-corrected chi connectivity index (χ0v) is 19.2. The SMILES string of the molecule is CC1=CC(C2(C3C=CC(O)(Cl)C(C)=C3)CCCC(C(C)(C)C)C2)C=CC1(O)Cl. The first-order valence-electron chi connectivity index (χ1n) is 10.4. The van der Waals surface area contributed by atoms with Crippen LogP contribution in [0.25, 0.3) is 0 Å². The fraction of sp³-hybridized carbons (Fsp3) is 0.667. The van der Waals surface area contributed by atoms with Crippen LogP contribution in [0.2, 0.25) is 0 Å². The van der Waals surface area contributed by atoms with Gasteiger partial charge in [0.25, 0.3) is 0 Å². The van der Waals surface area contributed by atoms with Crippen molar-refractivity contribution in [2.45, 2.75) is 70.4 Å². The Balaban J connectivity index is 2.06. The quantitative estimate of drug-likeness (QED) is 0.401. The van der Waals surface area contributed by atoms with Gasteiger partial charge in [0.1, 0.15) is 0 Å². The summed E-state index contributed by atoms with van der Waals surface area (Å²) in [6.07, 6.45) is 16.5. The molecule has 1 saturated carbocycles. The third-order valence-corrected chi connectivity index (χ3v) is 8.24. The summed E-state index contributed by atoms with van der Waals surface area (Å²) in [5.41, 5.74) is 1.79. The lowest BCUT2D eigenvalue weighted by molar-refractivity contribution is 0.0278. The van der Waals surface area contributed by atoms with Gasteiger partial charge in [0.2, 0.25) is 0 Å². The van der Waals surface area contributed by atoms with Gasteiger partial charge in [-0.2, -0.15) is 0 Å². The largest absolute Gasteiger partial charge is 0.368 e. The highest BCUT2D eigenvalue weighted by molar-refractivity contribution is 6.26. The maximum absolute atomic E-state index is 10.4. The van der Waals surface area contributed by atoms with Crippen LogP contribution >= 0.6 is 23.2 Å². The minimum atomic E-state index is -1.39. The van der Waals surface area contributed by atoms with Gasteiger partial charge < -0.3 is 10.2 Å². The molecular formula is C24H34Cl2O2. The number of hydrogen-bond donors (Lipinski definition) is 2. The standard InChI is InChI=1S/C24H34Cl2O2/c1-16-13-18(8-11-23(16,25)27)22(10-6-7-20(15-22)21(3,4)5)19-9-12-24(26,28)17(2)14-19/h8-9,11-14,18-20,27-28H,6-7,10,15H2,1-5H3. The summed E-state index contributed by atoms with van der Waals surface area (Å²) in [5, 5.41) is 18.0. The molecule has 0 heterocycles. The van der Waals surface area contributed by atoms with E-state index in [4.69, 9.17) is 23.2 Å². The second-order valence-electron chi connectivity index (χ2n) is 10.2. The normalized spacial score (nSPS) is 44.2. The Hall–Kier alpha value is -0.540. The van der Waals surface area contributed by atoms with Crippen LogP contribution in [0, 0.1) is 28.6 Å². The Kier molecular flexibility index (Phi) is 5.78. The highest BCUT2D eigenvalue weighted by Crippen LogP contribution is 2.57. The highest BCUT2D eigenvalue weighted by atomic mass is 35.5. The van der Waals surface area contributed by atoms with Gasteiger partial charge in [-0.1, -0.05) is 74.7 Å². The summed E-state index contributed by atoms with van der Waals surface area (Å²) in [4.78, 5) is 0. The molecule has 28 heavy (non-hydrogen) atoms. The molecular weight excluding hydrogens is 391 g/mol. The molecule has 0 aromatic heterocycles. The molecule has 0 aliphatic heterocycles.